The predicted octanol–water partition coefficient (Wildman–Crippen LogP) is 8.18. The highest BCUT2D eigenvalue weighted by Gasteiger charge is 2.43. The van der Waals surface area contributed by atoms with E-state index in [1.807, 2.05) is 5.38 Å². The molecule has 0 N–H and O–H groups in total. The summed E-state index contributed by atoms with van der Waals surface area (Å²) >= 11 is 3.82. The molecule has 0 fully saturated rings. The molecule has 8 heteroatoms. The van der Waals surface area contributed by atoms with Gasteiger partial charge in [0.1, 0.15) is 5.69 Å². The van der Waals surface area contributed by atoms with Crippen molar-refractivity contribution in [1.29, 1.82) is 0 Å². The van der Waals surface area contributed by atoms with Gasteiger partial charge < -0.3 is 8.85 Å². The first-order valence-electron chi connectivity index (χ1n) is 11.0. The maximum absolute atomic E-state index is 11.2. The molecule has 0 radical (unpaired) electrons. The van der Waals surface area contributed by atoms with E-state index in [4.69, 9.17) is 8.85 Å². The van der Waals surface area contributed by atoms with E-state index in [1.54, 1.807) is 11.3 Å². The second-order valence-electron chi connectivity index (χ2n) is 11.4. The summed E-state index contributed by atoms with van der Waals surface area (Å²) in [7, 11) is -3.95. The predicted molar refractivity (Wildman–Crippen MR) is 148 cm³/mol. The second-order valence-corrected chi connectivity index (χ2v) is 22.5. The first kappa shape index (κ1) is 29.2. The molecule has 0 bridgehead atoms. The number of hydrogen-bond donors (Lipinski definition) is 0. The van der Waals surface area contributed by atoms with Crippen LogP contribution >= 0.6 is 33.9 Å². The maximum Gasteiger partial charge on any atom is 0.192 e. The van der Waals surface area contributed by atoms with Crippen molar-refractivity contribution in [3.05, 3.63) is 26.2 Å². The van der Waals surface area contributed by atoms with Gasteiger partial charge in [-0.05, 0) is 40.3 Å². The fraction of sp³-hybridized carbons (Fsp3) is 0.739. The lowest BCUT2D eigenvalue weighted by atomic mass is 10.00. The molecule has 1 heterocycles. The lowest BCUT2D eigenvalue weighted by molar-refractivity contribution is 0.0981. The largest absolute Gasteiger partial charge is 0.413 e. The molecule has 0 aromatic carbocycles. The number of carbonyl (C=O) groups excluding carboxylic acids is 1. The van der Waals surface area contributed by atoms with E-state index in [2.05, 4.69) is 112 Å². The molecule has 31 heavy (non-hydrogen) atoms. The molecule has 0 saturated heterocycles. The highest BCUT2D eigenvalue weighted by molar-refractivity contribution is 14.1. The van der Waals surface area contributed by atoms with Crippen LogP contribution in [0.4, 0.5) is 0 Å². The fourth-order valence-electron chi connectivity index (χ4n) is 2.66. The van der Waals surface area contributed by atoms with Gasteiger partial charge in [-0.2, -0.15) is 0 Å². The minimum Gasteiger partial charge on any atom is -0.413 e. The number of hydrogen-bond acceptors (Lipinski definition) is 5. The van der Waals surface area contributed by atoms with E-state index >= 15 is 0 Å². The Balaban J connectivity index is 3.28. The third kappa shape index (κ3) is 8.13. The summed E-state index contributed by atoms with van der Waals surface area (Å²) in [5, 5.41) is 3.03. The summed E-state index contributed by atoms with van der Waals surface area (Å²) in [6.07, 6.45) is 3.71. The van der Waals surface area contributed by atoms with Gasteiger partial charge in [-0.25, -0.2) is 4.98 Å². The van der Waals surface area contributed by atoms with E-state index in [-0.39, 0.29) is 28.2 Å². The molecule has 178 valence electrons. The van der Waals surface area contributed by atoms with Gasteiger partial charge in [-0.15, -0.1) is 11.3 Å². The highest BCUT2D eigenvalue weighted by atomic mass is 127. The van der Waals surface area contributed by atoms with Crippen molar-refractivity contribution in [3.63, 3.8) is 0 Å². The summed E-state index contributed by atoms with van der Waals surface area (Å²) in [4.78, 5) is 15.7. The standard InChI is InChI=1S/C23H42INO3SSi2/c1-17(21-25-18(15-26)16-29-21)20(28-31(10,11)23(5,6)7)14-19(12-13-24)27-30(8,9)22(2,3)4/h12-13,15-17,19-20H,14H2,1-11H3/b13-12+/t17-,19-,20+/m1/s1. The average molecular weight is 596 g/mol. The zero-order valence-corrected chi connectivity index (χ0v) is 26.2. The van der Waals surface area contributed by atoms with Gasteiger partial charge in [-0.3, -0.25) is 4.79 Å². The van der Waals surface area contributed by atoms with E-state index < -0.39 is 16.6 Å². The summed E-state index contributed by atoms with van der Waals surface area (Å²) < 4.78 is 15.8. The maximum atomic E-state index is 11.2. The van der Waals surface area contributed by atoms with Crippen LogP contribution in [0.1, 0.15) is 76.3 Å². The molecule has 0 aliphatic carbocycles. The number of aromatic nitrogens is 1. The molecule has 0 aliphatic rings. The van der Waals surface area contributed by atoms with Crippen LogP contribution in [0.15, 0.2) is 15.5 Å². The molecule has 1 aromatic heterocycles. The Bertz CT molecular complexity index is 751. The third-order valence-corrected chi connectivity index (χ3v) is 17.4. The zero-order valence-electron chi connectivity index (χ0n) is 21.2. The smallest absolute Gasteiger partial charge is 0.192 e. The molecule has 3 atom stereocenters. The van der Waals surface area contributed by atoms with Gasteiger partial charge in [0.15, 0.2) is 22.9 Å². The normalized spacial score (nSPS) is 17.0. The second kappa shape index (κ2) is 11.0. The van der Waals surface area contributed by atoms with Crippen LogP contribution in [0.3, 0.4) is 0 Å². The Kier molecular flexibility index (Phi) is 10.4. The van der Waals surface area contributed by atoms with E-state index in [1.165, 1.54) is 0 Å². The number of aldehydes is 1. The third-order valence-electron chi connectivity index (χ3n) is 6.86. The fourth-order valence-corrected chi connectivity index (χ4v) is 6.70. The summed E-state index contributed by atoms with van der Waals surface area (Å²) in [6, 6.07) is 0. The Labute approximate surface area is 210 Å². The minimum absolute atomic E-state index is 0.0134. The number of thiazole rings is 1. The van der Waals surface area contributed by atoms with Crippen LogP contribution in [-0.4, -0.2) is 40.1 Å². The van der Waals surface area contributed by atoms with E-state index in [0.29, 0.717) is 5.69 Å². The summed E-state index contributed by atoms with van der Waals surface area (Å²) in [6.45, 7) is 25.0. The lowest BCUT2D eigenvalue weighted by Gasteiger charge is -2.43. The van der Waals surface area contributed by atoms with Crippen LogP contribution < -0.4 is 0 Å². The molecule has 1 rings (SSSR count). The van der Waals surface area contributed by atoms with Crippen molar-refractivity contribution in [2.24, 2.45) is 0 Å². The minimum atomic E-state index is -2.01. The molecule has 0 saturated carbocycles. The molecule has 0 aliphatic heterocycles. The van der Waals surface area contributed by atoms with Crippen molar-refractivity contribution in [2.45, 2.75) is 109 Å². The average Bonchev–Trinajstić information content (AvgIpc) is 3.07. The van der Waals surface area contributed by atoms with Crippen LogP contribution in [0.25, 0.3) is 0 Å². The Morgan fingerprint density at radius 1 is 1.06 bits per heavy atom. The Morgan fingerprint density at radius 2 is 1.58 bits per heavy atom. The monoisotopic (exact) mass is 595 g/mol. The van der Waals surface area contributed by atoms with Gasteiger partial charge in [0.2, 0.25) is 0 Å². The number of rotatable bonds is 10. The van der Waals surface area contributed by atoms with Crippen molar-refractivity contribution < 1.29 is 13.6 Å². The molecule has 0 amide bonds. The molecular weight excluding hydrogens is 553 g/mol. The molecule has 1 aromatic rings. The molecule has 0 spiro atoms. The van der Waals surface area contributed by atoms with Crippen molar-refractivity contribution in [2.75, 3.05) is 0 Å². The summed E-state index contributed by atoms with van der Waals surface area (Å²) in [5.41, 5.74) is 0.499. The van der Waals surface area contributed by atoms with E-state index in [0.717, 1.165) is 17.7 Å². The van der Waals surface area contributed by atoms with Crippen molar-refractivity contribution in [3.8, 4) is 0 Å². The van der Waals surface area contributed by atoms with Crippen LogP contribution in [0, 0.1) is 0 Å². The van der Waals surface area contributed by atoms with Crippen molar-refractivity contribution in [1.82, 2.24) is 4.98 Å². The first-order chi connectivity index (χ1) is 13.9. The molecule has 0 unspecified atom stereocenters. The summed E-state index contributed by atoms with van der Waals surface area (Å²) in [5.74, 6) is 0.0842. The Hall–Kier alpha value is 0.124. The van der Waals surface area contributed by atoms with Crippen LogP contribution in [0.2, 0.25) is 36.3 Å². The molecule has 4 nitrogen and oxygen atoms in total. The quantitative estimate of drug-likeness (QED) is 0.156. The van der Waals surface area contributed by atoms with Gasteiger partial charge in [0.25, 0.3) is 0 Å². The highest BCUT2D eigenvalue weighted by Crippen LogP contribution is 2.42. The topological polar surface area (TPSA) is 48.4 Å². The SMILES string of the molecule is C[C@@H](c1nc(C=O)cs1)[C@H](C[C@@H](/C=C/I)O[Si](C)(C)C(C)(C)C)O[Si](C)(C)C(C)(C)C. The van der Waals surface area contributed by atoms with Crippen molar-refractivity contribution >= 4 is 56.8 Å². The van der Waals surface area contributed by atoms with Crippen LogP contribution in [0.5, 0.6) is 0 Å². The molecular formula is C23H42INO3SSi2. The van der Waals surface area contributed by atoms with E-state index in [9.17, 15) is 4.79 Å². The Morgan fingerprint density at radius 3 is 2.00 bits per heavy atom. The van der Waals surface area contributed by atoms with Gasteiger partial charge in [0, 0.05) is 17.7 Å². The number of nitrogens with zero attached hydrogens (tertiary/aromatic N) is 1. The van der Waals surface area contributed by atoms with Gasteiger partial charge >= 0.3 is 0 Å². The number of carbonyl (C=O) groups is 1. The van der Waals surface area contributed by atoms with Gasteiger partial charge in [0.05, 0.1) is 17.2 Å². The van der Waals surface area contributed by atoms with Gasteiger partial charge in [-0.1, -0.05) is 77.1 Å². The number of halogens is 1. The lowest BCUT2D eigenvalue weighted by Crippen LogP contribution is -2.48. The first-order valence-corrected chi connectivity index (χ1v) is 18.9. The van der Waals surface area contributed by atoms with Crippen LogP contribution in [-0.2, 0) is 8.85 Å². The zero-order chi connectivity index (χ0) is 24.3.